The number of hydrazine groups is 1. The number of hydrogen-bond donors (Lipinski definition) is 3. The number of amides is 2. The summed E-state index contributed by atoms with van der Waals surface area (Å²) in [5.74, 6) is 1.75. The van der Waals surface area contributed by atoms with Crippen LogP contribution in [0.25, 0.3) is 5.57 Å². The summed E-state index contributed by atoms with van der Waals surface area (Å²) in [5, 5.41) is 20.4. The van der Waals surface area contributed by atoms with Crippen LogP contribution in [-0.2, 0) is 14.4 Å². The molecule has 57 heavy (non-hydrogen) atoms. The minimum Gasteiger partial charge on any atom is -0.506 e. The van der Waals surface area contributed by atoms with E-state index in [4.69, 9.17) is 0 Å². The lowest BCUT2D eigenvalue weighted by molar-refractivity contribution is -0.630. The number of Topliss-reactive ketones (excluding diaryl/α,β-unsaturated/α-hetero) is 1. The average Bonchev–Trinajstić information content (AvgIpc) is 4.00. The van der Waals surface area contributed by atoms with Crippen molar-refractivity contribution in [2.75, 3.05) is 23.3 Å². The molecule has 1 aromatic rings. The number of ketones is 1. The third-order valence-electron chi connectivity index (χ3n) is 15.3. The van der Waals surface area contributed by atoms with Crippen molar-refractivity contribution in [2.24, 2.45) is 29.1 Å². The van der Waals surface area contributed by atoms with Crippen molar-refractivity contribution in [3.63, 3.8) is 0 Å². The van der Waals surface area contributed by atoms with Gasteiger partial charge in [-0.15, -0.1) is 10.1 Å². The lowest BCUT2D eigenvalue weighted by atomic mass is 9.73. The Labute approximate surface area is 343 Å². The van der Waals surface area contributed by atoms with Gasteiger partial charge in [0.25, 0.3) is 0 Å². The van der Waals surface area contributed by atoms with Gasteiger partial charge >= 0.3 is 5.91 Å². The van der Waals surface area contributed by atoms with Crippen LogP contribution in [0.5, 0.6) is 0 Å². The fourth-order valence-electron chi connectivity index (χ4n) is 11.3. The summed E-state index contributed by atoms with van der Waals surface area (Å²) in [6, 6.07) is 6.10. The second-order valence-corrected chi connectivity index (χ2v) is 19.5. The maximum Gasteiger partial charge on any atom is 0.315 e. The van der Waals surface area contributed by atoms with E-state index in [2.05, 4.69) is 21.4 Å². The fourth-order valence-corrected chi connectivity index (χ4v) is 11.3. The van der Waals surface area contributed by atoms with Gasteiger partial charge in [0, 0.05) is 36.7 Å². The minimum absolute atomic E-state index is 0.0856. The molecule has 312 valence electrons. The van der Waals surface area contributed by atoms with E-state index >= 15 is 0 Å². The number of anilines is 2. The van der Waals surface area contributed by atoms with E-state index in [1.807, 2.05) is 44.8 Å². The van der Waals surface area contributed by atoms with Crippen LogP contribution in [0.4, 0.5) is 11.4 Å². The summed E-state index contributed by atoms with van der Waals surface area (Å²) < 4.78 is 0. The maximum atomic E-state index is 14.5. The van der Waals surface area contributed by atoms with Gasteiger partial charge in [0.1, 0.15) is 11.3 Å². The zero-order valence-corrected chi connectivity index (χ0v) is 35.9. The van der Waals surface area contributed by atoms with E-state index < -0.39 is 5.41 Å². The van der Waals surface area contributed by atoms with E-state index in [-0.39, 0.29) is 40.5 Å². The summed E-state index contributed by atoms with van der Waals surface area (Å²) >= 11 is 0. The lowest BCUT2D eigenvalue weighted by Gasteiger charge is -2.38. The fraction of sp³-hybridized carbons (Fsp3) is 0.714. The number of aliphatic hydroxyl groups excluding tert-OH is 1. The molecular weight excluding hydrogens is 709 g/mol. The number of carbonyl (C=O) groups is 3. The largest absolute Gasteiger partial charge is 0.506 e. The second kappa shape index (κ2) is 18.7. The van der Waals surface area contributed by atoms with Crippen molar-refractivity contribution in [3.8, 4) is 0 Å². The van der Waals surface area contributed by atoms with Crippen molar-refractivity contribution in [1.82, 2.24) is 5.01 Å². The summed E-state index contributed by atoms with van der Waals surface area (Å²) in [5.41, 5.74) is 2.68. The van der Waals surface area contributed by atoms with Crippen LogP contribution < -0.4 is 15.3 Å². The molecule has 0 saturated heterocycles. The van der Waals surface area contributed by atoms with Crippen molar-refractivity contribution in [3.05, 3.63) is 40.7 Å². The van der Waals surface area contributed by atoms with Gasteiger partial charge in [-0.2, -0.15) is 0 Å². The molecule has 4 saturated carbocycles. The highest BCUT2D eigenvalue weighted by molar-refractivity contribution is 6.44. The molecule has 0 aromatic heterocycles. The van der Waals surface area contributed by atoms with Crippen LogP contribution in [0, 0.1) is 29.1 Å². The number of rotatable bonds is 16. The van der Waals surface area contributed by atoms with Crippen molar-refractivity contribution in [1.29, 1.82) is 0 Å². The van der Waals surface area contributed by atoms with Crippen molar-refractivity contribution < 1.29 is 24.6 Å². The van der Waals surface area contributed by atoms with Gasteiger partial charge < -0.3 is 15.3 Å². The zero-order valence-electron chi connectivity index (χ0n) is 35.9. The van der Waals surface area contributed by atoms with Gasteiger partial charge in [0.2, 0.25) is 17.4 Å². The quantitative estimate of drug-likeness (QED) is 0.145. The molecule has 0 radical (unpaired) electrons. The molecule has 5 aliphatic carbocycles. The summed E-state index contributed by atoms with van der Waals surface area (Å²) in [4.78, 5) is 45.1. The number of nitrogens with one attached hydrogen (secondary N) is 2. The molecule has 2 amide bonds. The number of allylic oxidation sites excluding steroid dienone is 2. The molecule has 1 aliphatic heterocycles. The molecule has 4 fully saturated rings. The molecule has 0 spiro atoms. The number of hydrogen-bond acceptors (Lipinski definition) is 5. The first-order chi connectivity index (χ1) is 27.6. The predicted molar refractivity (Wildman–Crippen MR) is 231 cm³/mol. The van der Waals surface area contributed by atoms with Crippen LogP contribution in [0.3, 0.4) is 0 Å². The second-order valence-electron chi connectivity index (χ2n) is 19.5. The highest BCUT2D eigenvalue weighted by Crippen LogP contribution is 2.44. The van der Waals surface area contributed by atoms with Gasteiger partial charge in [0.15, 0.2) is 0 Å². The van der Waals surface area contributed by atoms with Crippen molar-refractivity contribution >= 4 is 40.3 Å². The van der Waals surface area contributed by atoms with Gasteiger partial charge in [0.05, 0.1) is 22.9 Å². The third-order valence-corrected chi connectivity index (χ3v) is 15.3. The number of aliphatic hydroxyl groups is 1. The number of nitrogens with zero attached hydrogens (tertiary/aromatic N) is 2. The van der Waals surface area contributed by atoms with E-state index in [1.165, 1.54) is 103 Å². The Morgan fingerprint density at radius 2 is 1.33 bits per heavy atom. The minimum atomic E-state index is -0.618. The average molecular weight is 782 g/mol. The van der Waals surface area contributed by atoms with E-state index in [0.717, 1.165) is 69.1 Å². The first-order valence-corrected chi connectivity index (χ1v) is 23.4. The molecule has 7 rings (SSSR count). The molecule has 0 unspecified atom stereocenters. The molecule has 8 nitrogen and oxygen atoms in total. The molecule has 0 atom stereocenters. The van der Waals surface area contributed by atoms with E-state index in [1.54, 1.807) is 0 Å². The topological polar surface area (TPSA) is 104 Å². The molecule has 3 N–H and O–H groups in total. The van der Waals surface area contributed by atoms with Crippen LogP contribution >= 0.6 is 0 Å². The SMILES string of the molecule is CCC(C)(C)C(=O)Nc1cc(N(CCCC2CCCC2)CCCC2CCCC2)ccc1C1=C(O)/C(=C2/C(=O)N(C(C3CCCCC3)C3CCCCC3)[NH+]=C2C)C1=O. The molecule has 8 heteroatoms. The van der Waals surface area contributed by atoms with Crippen LogP contribution in [0.15, 0.2) is 35.1 Å². The smallest absolute Gasteiger partial charge is 0.315 e. The first-order valence-electron chi connectivity index (χ1n) is 23.4. The van der Waals surface area contributed by atoms with Crippen LogP contribution in [0.1, 0.15) is 181 Å². The summed E-state index contributed by atoms with van der Waals surface area (Å²) in [6.45, 7) is 9.67. The Morgan fingerprint density at radius 1 is 0.807 bits per heavy atom. The Morgan fingerprint density at radius 3 is 1.84 bits per heavy atom. The predicted octanol–water partition coefficient (Wildman–Crippen LogP) is 9.78. The number of carbonyl (C=O) groups excluding carboxylic acids is 3. The molecule has 1 heterocycles. The monoisotopic (exact) mass is 782 g/mol. The van der Waals surface area contributed by atoms with Crippen LogP contribution in [0.2, 0.25) is 0 Å². The molecule has 6 aliphatic rings. The highest BCUT2D eigenvalue weighted by atomic mass is 16.3. The van der Waals surface area contributed by atoms with E-state index in [0.29, 0.717) is 40.8 Å². The van der Waals surface area contributed by atoms with Gasteiger partial charge in [-0.05, 0) is 99.7 Å². The zero-order chi connectivity index (χ0) is 40.1. The van der Waals surface area contributed by atoms with Gasteiger partial charge in [-0.3, -0.25) is 14.4 Å². The van der Waals surface area contributed by atoms with Gasteiger partial charge in [-0.1, -0.05) is 111 Å². The summed E-state index contributed by atoms with van der Waals surface area (Å²) in [7, 11) is 0. The molecule has 1 aromatic carbocycles. The maximum absolute atomic E-state index is 14.5. The normalized spacial score (nSPS) is 23.2. The first kappa shape index (κ1) is 41.7. The number of benzene rings is 1. The highest BCUT2D eigenvalue weighted by Gasteiger charge is 2.51. The number of hydrazone groups is 1. The molecule has 0 bridgehead atoms. The third kappa shape index (κ3) is 9.25. The Hall–Kier alpha value is -3.42. The standard InChI is InChI=1S/C49H72N4O4/c1-5-49(3,4)48(57)50-40-32-38(52(30-16-22-34-18-12-13-19-34)31-17-23-35-20-14-15-21-35)28-29-39(40)42-45(54)43(46(42)55)41-33(2)51-53(47(41)56)44(36-24-8-6-9-25-36)37-26-10-7-11-27-37/h28-29,32,34-37,44,54H,5-27,30-31H2,1-4H3,(H,50,57)/p+1/b43-41-. The molecular formula is C49H73N4O4+. The Kier molecular flexibility index (Phi) is 13.7. The van der Waals surface area contributed by atoms with E-state index in [9.17, 15) is 19.5 Å². The Bertz CT molecular complexity index is 1680. The van der Waals surface area contributed by atoms with Crippen LogP contribution in [-0.4, -0.2) is 52.6 Å². The lowest BCUT2D eigenvalue weighted by Crippen LogP contribution is -2.84. The van der Waals surface area contributed by atoms with Crippen molar-refractivity contribution in [2.45, 2.75) is 181 Å². The Balaban J connectivity index is 1.19. The summed E-state index contributed by atoms with van der Waals surface area (Å²) in [6.07, 6.45) is 28.1. The van der Waals surface area contributed by atoms with Gasteiger partial charge in [-0.25, -0.2) is 0 Å².